The van der Waals surface area contributed by atoms with Crippen molar-refractivity contribution in [2.75, 3.05) is 19.7 Å². The maximum absolute atomic E-state index is 8.76. The highest BCUT2D eigenvalue weighted by molar-refractivity contribution is 5.84. The molecule has 6 heteroatoms. The minimum absolute atomic E-state index is 0.124. The van der Waals surface area contributed by atoms with Crippen LogP contribution in [0.3, 0.4) is 0 Å². The van der Waals surface area contributed by atoms with E-state index in [1.807, 2.05) is 30.5 Å². The number of rotatable bonds is 3. The number of amidine groups is 1. The van der Waals surface area contributed by atoms with E-state index in [9.17, 15) is 0 Å². The van der Waals surface area contributed by atoms with Crippen molar-refractivity contribution < 1.29 is 9.94 Å². The Bertz CT molecular complexity index is 654. The van der Waals surface area contributed by atoms with Crippen molar-refractivity contribution in [2.45, 2.75) is 12.6 Å². The molecule has 2 heterocycles. The lowest BCUT2D eigenvalue weighted by atomic mass is 10.1. The number of benzene rings is 1. The first kappa shape index (κ1) is 13.8. The number of nitrogens with zero attached hydrogens (tertiary/aromatic N) is 3. The largest absolute Gasteiger partial charge is 0.409 e. The molecule has 0 aliphatic carbocycles. The maximum atomic E-state index is 8.76. The molecule has 1 aliphatic rings. The molecule has 0 amide bonds. The number of pyridine rings is 1. The molecule has 1 aliphatic heterocycles. The van der Waals surface area contributed by atoms with E-state index in [-0.39, 0.29) is 11.9 Å². The predicted octanol–water partition coefficient (Wildman–Crippen LogP) is 1.18. The highest BCUT2D eigenvalue weighted by atomic mass is 16.5. The second kappa shape index (κ2) is 6.07. The summed E-state index contributed by atoms with van der Waals surface area (Å²) in [6.45, 7) is 2.81. The molecule has 2 aromatic rings. The van der Waals surface area contributed by atoms with Gasteiger partial charge in [0.05, 0.1) is 12.1 Å². The molecule has 0 saturated carbocycles. The average Bonchev–Trinajstić information content (AvgIpc) is 2.55. The molecular weight excluding hydrogens is 268 g/mol. The molecule has 6 nitrogen and oxygen atoms in total. The van der Waals surface area contributed by atoms with Crippen LogP contribution in [0, 0.1) is 0 Å². The van der Waals surface area contributed by atoms with Gasteiger partial charge in [-0.15, -0.1) is 0 Å². The Morgan fingerprint density at radius 1 is 1.43 bits per heavy atom. The molecule has 3 N–H and O–H groups in total. The van der Waals surface area contributed by atoms with Gasteiger partial charge < -0.3 is 15.7 Å². The van der Waals surface area contributed by atoms with Crippen LogP contribution in [-0.2, 0) is 11.3 Å². The van der Waals surface area contributed by atoms with Crippen LogP contribution in [0.5, 0.6) is 0 Å². The quantitative estimate of drug-likeness (QED) is 0.383. The zero-order chi connectivity index (χ0) is 14.7. The van der Waals surface area contributed by atoms with Crippen molar-refractivity contribution in [1.82, 2.24) is 9.88 Å². The Morgan fingerprint density at radius 2 is 2.29 bits per heavy atom. The zero-order valence-corrected chi connectivity index (χ0v) is 11.6. The topological polar surface area (TPSA) is 84.0 Å². The summed E-state index contributed by atoms with van der Waals surface area (Å²) in [6.07, 6.45) is 1.48. The number of para-hydroxylation sites is 1. The molecule has 1 aromatic heterocycles. The summed E-state index contributed by atoms with van der Waals surface area (Å²) in [4.78, 5) is 6.62. The standard InChI is InChI=1S/C15H18N4O2/c16-15(18-20)14-10-19(7-8-21-14)9-11-5-6-17-13-4-2-1-3-12(11)13/h1-6,14,20H,7-10H2,(H2,16,18). The first-order valence-electron chi connectivity index (χ1n) is 6.92. The van der Waals surface area contributed by atoms with Crippen LogP contribution < -0.4 is 5.73 Å². The van der Waals surface area contributed by atoms with Gasteiger partial charge in [-0.3, -0.25) is 9.88 Å². The van der Waals surface area contributed by atoms with E-state index >= 15 is 0 Å². The molecule has 0 bridgehead atoms. The lowest BCUT2D eigenvalue weighted by Gasteiger charge is -2.32. The van der Waals surface area contributed by atoms with Crippen molar-refractivity contribution in [1.29, 1.82) is 0 Å². The Morgan fingerprint density at radius 3 is 3.14 bits per heavy atom. The predicted molar refractivity (Wildman–Crippen MR) is 80.2 cm³/mol. The van der Waals surface area contributed by atoms with Gasteiger partial charge in [-0.1, -0.05) is 23.4 Å². The summed E-state index contributed by atoms with van der Waals surface area (Å²) in [5, 5.41) is 13.0. The summed E-state index contributed by atoms with van der Waals surface area (Å²) in [6, 6.07) is 10.1. The highest BCUT2D eigenvalue weighted by Gasteiger charge is 2.24. The second-order valence-electron chi connectivity index (χ2n) is 5.11. The Kier molecular flexibility index (Phi) is 3.98. The monoisotopic (exact) mass is 286 g/mol. The first-order valence-corrected chi connectivity index (χ1v) is 6.92. The van der Waals surface area contributed by atoms with Crippen molar-refractivity contribution >= 4 is 16.7 Å². The van der Waals surface area contributed by atoms with Crippen molar-refractivity contribution in [2.24, 2.45) is 10.9 Å². The second-order valence-corrected chi connectivity index (χ2v) is 5.11. The normalized spacial score (nSPS) is 20.8. The van der Waals surface area contributed by atoms with Gasteiger partial charge in [-0.05, 0) is 17.7 Å². The molecule has 0 spiro atoms. The van der Waals surface area contributed by atoms with Crippen molar-refractivity contribution in [3.05, 3.63) is 42.1 Å². The smallest absolute Gasteiger partial charge is 0.169 e. The van der Waals surface area contributed by atoms with Crippen LogP contribution in [0.4, 0.5) is 0 Å². The van der Waals surface area contributed by atoms with Gasteiger partial charge >= 0.3 is 0 Å². The molecule has 1 aromatic carbocycles. The third-order valence-electron chi connectivity index (χ3n) is 3.73. The van der Waals surface area contributed by atoms with E-state index in [0.29, 0.717) is 13.2 Å². The van der Waals surface area contributed by atoms with Gasteiger partial charge in [-0.25, -0.2) is 0 Å². The lowest BCUT2D eigenvalue weighted by Crippen LogP contribution is -2.48. The minimum Gasteiger partial charge on any atom is -0.409 e. The van der Waals surface area contributed by atoms with Crippen LogP contribution in [-0.4, -0.2) is 46.7 Å². The molecule has 3 rings (SSSR count). The number of ether oxygens (including phenoxy) is 1. The van der Waals surface area contributed by atoms with E-state index in [4.69, 9.17) is 15.7 Å². The SMILES string of the molecule is NC(=NO)C1CN(Cc2ccnc3ccccc23)CCO1. The van der Waals surface area contributed by atoms with Crippen molar-refractivity contribution in [3.8, 4) is 0 Å². The van der Waals surface area contributed by atoms with E-state index in [2.05, 4.69) is 21.1 Å². The van der Waals surface area contributed by atoms with Crippen LogP contribution in [0.15, 0.2) is 41.7 Å². The number of fused-ring (bicyclic) bond motifs is 1. The molecule has 1 saturated heterocycles. The molecular formula is C15H18N4O2. The molecule has 1 fully saturated rings. The third-order valence-corrected chi connectivity index (χ3v) is 3.73. The fraction of sp³-hybridized carbons (Fsp3) is 0.333. The maximum Gasteiger partial charge on any atom is 0.169 e. The summed E-state index contributed by atoms with van der Waals surface area (Å²) >= 11 is 0. The number of oxime groups is 1. The number of hydrogen-bond acceptors (Lipinski definition) is 5. The lowest BCUT2D eigenvalue weighted by molar-refractivity contribution is 0.00156. The van der Waals surface area contributed by atoms with Gasteiger partial charge in [0.2, 0.25) is 0 Å². The molecule has 0 radical (unpaired) electrons. The molecule has 1 atom stereocenters. The number of morpholine rings is 1. The van der Waals surface area contributed by atoms with E-state index in [1.165, 1.54) is 5.56 Å². The van der Waals surface area contributed by atoms with Crippen molar-refractivity contribution in [3.63, 3.8) is 0 Å². The van der Waals surface area contributed by atoms with Crippen LogP contribution >= 0.6 is 0 Å². The fourth-order valence-corrected chi connectivity index (χ4v) is 2.62. The Labute approximate surface area is 122 Å². The third kappa shape index (κ3) is 2.96. The molecule has 1 unspecified atom stereocenters. The highest BCUT2D eigenvalue weighted by Crippen LogP contribution is 2.19. The van der Waals surface area contributed by atoms with Crippen LogP contribution in [0.2, 0.25) is 0 Å². The fourth-order valence-electron chi connectivity index (χ4n) is 2.62. The van der Waals surface area contributed by atoms with Gasteiger partial charge in [0.15, 0.2) is 5.84 Å². The summed E-state index contributed by atoms with van der Waals surface area (Å²) in [5.41, 5.74) is 7.85. The average molecular weight is 286 g/mol. The van der Waals surface area contributed by atoms with Gasteiger partial charge in [-0.2, -0.15) is 0 Å². The van der Waals surface area contributed by atoms with Gasteiger partial charge in [0.1, 0.15) is 6.10 Å². The number of hydrogen-bond donors (Lipinski definition) is 2. The summed E-state index contributed by atoms with van der Waals surface area (Å²) in [5.74, 6) is 0.124. The summed E-state index contributed by atoms with van der Waals surface area (Å²) in [7, 11) is 0. The van der Waals surface area contributed by atoms with E-state index in [0.717, 1.165) is 24.0 Å². The van der Waals surface area contributed by atoms with E-state index < -0.39 is 0 Å². The molecule has 110 valence electrons. The number of aromatic nitrogens is 1. The van der Waals surface area contributed by atoms with Crippen LogP contribution in [0.1, 0.15) is 5.56 Å². The first-order chi connectivity index (χ1) is 10.3. The zero-order valence-electron chi connectivity index (χ0n) is 11.6. The molecule has 21 heavy (non-hydrogen) atoms. The number of nitrogens with two attached hydrogens (primary N) is 1. The summed E-state index contributed by atoms with van der Waals surface area (Å²) < 4.78 is 5.52. The van der Waals surface area contributed by atoms with Gasteiger partial charge in [0.25, 0.3) is 0 Å². The minimum atomic E-state index is -0.350. The van der Waals surface area contributed by atoms with Crippen LogP contribution in [0.25, 0.3) is 10.9 Å². The Balaban J connectivity index is 1.79. The van der Waals surface area contributed by atoms with Gasteiger partial charge in [0, 0.05) is 31.2 Å². The Hall–Kier alpha value is -2.18. The van der Waals surface area contributed by atoms with E-state index in [1.54, 1.807) is 0 Å².